The van der Waals surface area contributed by atoms with Crippen molar-refractivity contribution < 1.29 is 9.47 Å². The monoisotopic (exact) mass is 329 g/mol. The Morgan fingerprint density at radius 3 is 2.79 bits per heavy atom. The Labute approximate surface area is 144 Å². The first kappa shape index (κ1) is 18.0. The Bertz CT molecular complexity index is 587. The number of terminal acetylenes is 1. The summed E-state index contributed by atoms with van der Waals surface area (Å²) in [5.74, 6) is 4.92. The number of methoxy groups -OCH3 is 1. The van der Waals surface area contributed by atoms with Gasteiger partial charge >= 0.3 is 0 Å². The third kappa shape index (κ3) is 5.38. The van der Waals surface area contributed by atoms with Gasteiger partial charge in [0.15, 0.2) is 5.96 Å². The summed E-state index contributed by atoms with van der Waals surface area (Å²) < 4.78 is 11.5. The van der Waals surface area contributed by atoms with E-state index in [4.69, 9.17) is 15.9 Å². The lowest BCUT2D eigenvalue weighted by molar-refractivity contribution is 0.207. The molecule has 24 heavy (non-hydrogen) atoms. The number of benzene rings is 1. The maximum atomic E-state index is 6.20. The van der Waals surface area contributed by atoms with Gasteiger partial charge in [0.1, 0.15) is 11.5 Å². The van der Waals surface area contributed by atoms with Gasteiger partial charge in [-0.15, -0.1) is 6.42 Å². The molecule has 2 N–H and O–H groups in total. The van der Waals surface area contributed by atoms with E-state index in [1.165, 1.54) is 12.8 Å². The van der Waals surface area contributed by atoms with Crippen LogP contribution in [0.15, 0.2) is 23.2 Å². The summed E-state index contributed by atoms with van der Waals surface area (Å²) in [4.78, 5) is 4.59. The second-order valence-electron chi connectivity index (χ2n) is 5.75. The van der Waals surface area contributed by atoms with Gasteiger partial charge in [-0.3, -0.25) is 0 Å². The van der Waals surface area contributed by atoms with Gasteiger partial charge in [-0.25, -0.2) is 4.99 Å². The second kappa shape index (κ2) is 9.71. The molecule has 0 saturated heterocycles. The molecule has 1 aliphatic rings. The van der Waals surface area contributed by atoms with Gasteiger partial charge in [-0.2, -0.15) is 0 Å². The van der Waals surface area contributed by atoms with Gasteiger partial charge in [0, 0.05) is 18.2 Å². The lowest BCUT2D eigenvalue weighted by atomic mass is 10.2. The second-order valence-corrected chi connectivity index (χ2v) is 5.75. The van der Waals surface area contributed by atoms with Crippen LogP contribution in [0, 0.1) is 12.3 Å². The fraction of sp³-hybridized carbons (Fsp3) is 0.526. The highest BCUT2D eigenvalue weighted by Crippen LogP contribution is 2.30. The maximum absolute atomic E-state index is 6.20. The average Bonchev–Trinajstić information content (AvgIpc) is 3.11. The van der Waals surface area contributed by atoms with Crippen LogP contribution in [-0.2, 0) is 6.54 Å². The van der Waals surface area contributed by atoms with Crippen molar-refractivity contribution in [2.75, 3.05) is 20.2 Å². The van der Waals surface area contributed by atoms with Crippen molar-refractivity contribution >= 4 is 5.96 Å². The molecule has 5 nitrogen and oxygen atoms in total. The number of nitrogens with one attached hydrogen (secondary N) is 2. The molecule has 0 bridgehead atoms. The maximum Gasteiger partial charge on any atom is 0.192 e. The van der Waals surface area contributed by atoms with E-state index in [0.717, 1.165) is 36.4 Å². The minimum absolute atomic E-state index is 0.299. The first-order valence-corrected chi connectivity index (χ1v) is 8.56. The molecule has 0 unspecified atom stereocenters. The lowest BCUT2D eigenvalue weighted by Gasteiger charge is -2.17. The van der Waals surface area contributed by atoms with Gasteiger partial charge in [-0.1, -0.05) is 5.92 Å². The van der Waals surface area contributed by atoms with Crippen LogP contribution in [0.1, 0.15) is 38.2 Å². The van der Waals surface area contributed by atoms with Gasteiger partial charge in [-0.05, 0) is 44.7 Å². The molecule has 0 amide bonds. The van der Waals surface area contributed by atoms with Gasteiger partial charge in [0.25, 0.3) is 0 Å². The van der Waals surface area contributed by atoms with E-state index in [0.29, 0.717) is 25.2 Å². The first-order chi connectivity index (χ1) is 11.8. The third-order valence-corrected chi connectivity index (χ3v) is 3.98. The standard InChI is InChI=1S/C19H27N3O2/c1-4-12-21-19(20-5-2)22-14-15-10-11-17(23-3)13-18(15)24-16-8-6-7-9-16/h1,10-11,13,16H,5-9,12,14H2,2-3H3,(H2,20,21,22). The number of ether oxygens (including phenoxy) is 2. The highest BCUT2D eigenvalue weighted by Gasteiger charge is 2.18. The average molecular weight is 329 g/mol. The number of hydrogen-bond donors (Lipinski definition) is 2. The molecular weight excluding hydrogens is 302 g/mol. The summed E-state index contributed by atoms with van der Waals surface area (Å²) in [5.41, 5.74) is 1.04. The van der Waals surface area contributed by atoms with E-state index in [1.54, 1.807) is 7.11 Å². The highest BCUT2D eigenvalue weighted by atomic mass is 16.5. The van der Waals surface area contributed by atoms with Crippen LogP contribution in [0.3, 0.4) is 0 Å². The fourth-order valence-electron chi connectivity index (χ4n) is 2.73. The molecule has 0 radical (unpaired) electrons. The minimum Gasteiger partial charge on any atom is -0.497 e. The van der Waals surface area contributed by atoms with Crippen molar-refractivity contribution in [3.05, 3.63) is 23.8 Å². The summed E-state index contributed by atoms with van der Waals surface area (Å²) in [6.07, 6.45) is 10.3. The Morgan fingerprint density at radius 1 is 1.33 bits per heavy atom. The van der Waals surface area contributed by atoms with E-state index in [2.05, 4.69) is 21.5 Å². The normalized spacial score (nSPS) is 15.0. The first-order valence-electron chi connectivity index (χ1n) is 8.56. The Balaban J connectivity index is 2.13. The lowest BCUT2D eigenvalue weighted by Crippen LogP contribution is -2.37. The van der Waals surface area contributed by atoms with Gasteiger partial charge in [0.05, 0.1) is 26.3 Å². The summed E-state index contributed by atoms with van der Waals surface area (Å²) in [7, 11) is 1.67. The molecule has 1 saturated carbocycles. The van der Waals surface area contributed by atoms with Gasteiger partial charge < -0.3 is 20.1 Å². The Kier molecular flexibility index (Phi) is 7.28. The summed E-state index contributed by atoms with van der Waals surface area (Å²) in [5, 5.41) is 6.27. The fourth-order valence-corrected chi connectivity index (χ4v) is 2.73. The van der Waals surface area contributed by atoms with Crippen molar-refractivity contribution in [1.82, 2.24) is 10.6 Å². The SMILES string of the molecule is C#CCNC(=NCc1ccc(OC)cc1OC1CCCC1)NCC. The van der Waals surface area contributed by atoms with Crippen LogP contribution in [0.5, 0.6) is 11.5 Å². The molecular formula is C19H27N3O2. The molecule has 0 spiro atoms. The quantitative estimate of drug-likeness (QED) is 0.459. The molecule has 1 aliphatic carbocycles. The predicted octanol–water partition coefficient (Wildman–Crippen LogP) is 2.70. The van der Waals surface area contributed by atoms with E-state index in [9.17, 15) is 0 Å². The molecule has 0 aromatic heterocycles. The molecule has 0 atom stereocenters. The van der Waals surface area contributed by atoms with Crippen LogP contribution in [0.4, 0.5) is 0 Å². The number of nitrogens with zero attached hydrogens (tertiary/aromatic N) is 1. The summed E-state index contributed by atoms with van der Waals surface area (Å²) in [6.45, 7) is 3.77. The highest BCUT2D eigenvalue weighted by molar-refractivity contribution is 5.80. The molecule has 0 heterocycles. The van der Waals surface area contributed by atoms with Crippen LogP contribution in [0.25, 0.3) is 0 Å². The topological polar surface area (TPSA) is 54.9 Å². The van der Waals surface area contributed by atoms with Crippen molar-refractivity contribution in [2.24, 2.45) is 4.99 Å². The minimum atomic E-state index is 0.299. The van der Waals surface area contributed by atoms with Crippen LogP contribution >= 0.6 is 0 Å². The number of hydrogen-bond acceptors (Lipinski definition) is 3. The van der Waals surface area contributed by atoms with Crippen LogP contribution in [0.2, 0.25) is 0 Å². The summed E-state index contributed by atoms with van der Waals surface area (Å²) >= 11 is 0. The molecule has 1 aromatic rings. The van der Waals surface area contributed by atoms with Crippen molar-refractivity contribution in [2.45, 2.75) is 45.3 Å². The van der Waals surface area contributed by atoms with Crippen molar-refractivity contribution in [1.29, 1.82) is 0 Å². The zero-order valence-corrected chi connectivity index (χ0v) is 14.6. The van der Waals surface area contributed by atoms with Crippen molar-refractivity contribution in [3.63, 3.8) is 0 Å². The molecule has 0 aliphatic heterocycles. The van der Waals surface area contributed by atoms with Crippen LogP contribution < -0.4 is 20.1 Å². The largest absolute Gasteiger partial charge is 0.497 e. The van der Waals surface area contributed by atoms with Crippen LogP contribution in [-0.4, -0.2) is 32.3 Å². The van der Waals surface area contributed by atoms with E-state index < -0.39 is 0 Å². The summed E-state index contributed by atoms with van der Waals surface area (Å²) in [6, 6.07) is 5.90. The molecule has 1 aromatic carbocycles. The van der Waals surface area contributed by atoms with Gasteiger partial charge in [0.2, 0.25) is 0 Å². The number of guanidine groups is 1. The Hall–Kier alpha value is -2.35. The Morgan fingerprint density at radius 2 is 2.12 bits per heavy atom. The third-order valence-electron chi connectivity index (χ3n) is 3.98. The zero-order chi connectivity index (χ0) is 17.2. The zero-order valence-electron chi connectivity index (χ0n) is 14.6. The molecule has 2 rings (SSSR count). The predicted molar refractivity (Wildman–Crippen MR) is 97.5 cm³/mol. The number of rotatable bonds is 7. The van der Waals surface area contributed by atoms with E-state index in [-0.39, 0.29) is 0 Å². The molecule has 1 fully saturated rings. The number of aliphatic imine (C=N–C) groups is 1. The van der Waals surface area contributed by atoms with Crippen molar-refractivity contribution in [3.8, 4) is 23.8 Å². The van der Waals surface area contributed by atoms with E-state index in [1.807, 2.05) is 25.1 Å². The van der Waals surface area contributed by atoms with E-state index >= 15 is 0 Å². The molecule has 130 valence electrons. The smallest absolute Gasteiger partial charge is 0.192 e. The molecule has 5 heteroatoms.